The second kappa shape index (κ2) is 9.02. The molecule has 0 spiro atoms. The van der Waals surface area contributed by atoms with E-state index in [1.54, 1.807) is 0 Å². The molecular formula is C17H29N. The standard InChI is InChI=1S/C17H29N/c1-4-6-7-8-11-15-18(14-5-2)17-13-10-9-12-16(17)3/h9-10,12-13H,4-8,11,14-15H2,1-3H3. The Bertz CT molecular complexity index is 319. The van der Waals surface area contributed by atoms with E-state index in [1.807, 2.05) is 0 Å². The molecule has 18 heavy (non-hydrogen) atoms. The zero-order chi connectivity index (χ0) is 13.2. The molecule has 1 heteroatoms. The molecule has 1 nitrogen and oxygen atoms in total. The van der Waals surface area contributed by atoms with Crippen molar-refractivity contribution in [2.45, 2.75) is 59.3 Å². The smallest absolute Gasteiger partial charge is 0.0395 e. The van der Waals surface area contributed by atoms with Crippen LogP contribution in [0.5, 0.6) is 0 Å². The summed E-state index contributed by atoms with van der Waals surface area (Å²) in [5.41, 5.74) is 2.83. The summed E-state index contributed by atoms with van der Waals surface area (Å²) in [4.78, 5) is 2.56. The number of rotatable bonds is 9. The third-order valence-corrected chi connectivity index (χ3v) is 3.48. The highest BCUT2D eigenvalue weighted by molar-refractivity contribution is 5.52. The van der Waals surface area contributed by atoms with Crippen LogP contribution in [0.25, 0.3) is 0 Å². The van der Waals surface area contributed by atoms with Crippen LogP contribution in [-0.2, 0) is 0 Å². The molecule has 1 rings (SSSR count). The number of hydrogen-bond donors (Lipinski definition) is 0. The minimum absolute atomic E-state index is 1.18. The summed E-state index contributed by atoms with van der Waals surface area (Å²) >= 11 is 0. The molecule has 0 aromatic heterocycles. The fourth-order valence-corrected chi connectivity index (χ4v) is 2.45. The second-order valence-corrected chi connectivity index (χ2v) is 5.19. The molecule has 0 saturated heterocycles. The summed E-state index contributed by atoms with van der Waals surface area (Å²) < 4.78 is 0. The van der Waals surface area contributed by atoms with Gasteiger partial charge in [-0.2, -0.15) is 0 Å². The van der Waals surface area contributed by atoms with Crippen molar-refractivity contribution >= 4 is 5.69 Å². The first kappa shape index (κ1) is 15.1. The molecule has 0 aliphatic carbocycles. The molecule has 0 atom stereocenters. The quantitative estimate of drug-likeness (QED) is 0.543. The monoisotopic (exact) mass is 247 g/mol. The first-order valence-corrected chi connectivity index (χ1v) is 7.60. The van der Waals surface area contributed by atoms with Gasteiger partial charge in [0.2, 0.25) is 0 Å². The molecule has 1 aromatic carbocycles. The van der Waals surface area contributed by atoms with E-state index in [-0.39, 0.29) is 0 Å². The highest BCUT2D eigenvalue weighted by Crippen LogP contribution is 2.20. The van der Waals surface area contributed by atoms with Gasteiger partial charge in [0, 0.05) is 18.8 Å². The molecule has 0 aliphatic heterocycles. The van der Waals surface area contributed by atoms with Gasteiger partial charge < -0.3 is 4.90 Å². The van der Waals surface area contributed by atoms with Crippen molar-refractivity contribution in [1.82, 2.24) is 0 Å². The Balaban J connectivity index is 2.47. The summed E-state index contributed by atoms with van der Waals surface area (Å²) in [6, 6.07) is 8.76. The fourth-order valence-electron chi connectivity index (χ4n) is 2.45. The molecule has 0 N–H and O–H groups in total. The van der Waals surface area contributed by atoms with Crippen molar-refractivity contribution in [1.29, 1.82) is 0 Å². The van der Waals surface area contributed by atoms with Gasteiger partial charge in [-0.15, -0.1) is 0 Å². The van der Waals surface area contributed by atoms with E-state index >= 15 is 0 Å². The number of nitrogens with zero attached hydrogens (tertiary/aromatic N) is 1. The molecule has 0 unspecified atom stereocenters. The summed E-state index contributed by atoms with van der Waals surface area (Å²) in [6.45, 7) is 9.15. The Kier molecular flexibility index (Phi) is 7.55. The lowest BCUT2D eigenvalue weighted by Crippen LogP contribution is -2.26. The van der Waals surface area contributed by atoms with Crippen LogP contribution >= 0.6 is 0 Å². The average molecular weight is 247 g/mol. The maximum absolute atomic E-state index is 2.56. The SMILES string of the molecule is CCCCCCCN(CCC)c1ccccc1C. The maximum Gasteiger partial charge on any atom is 0.0395 e. The van der Waals surface area contributed by atoms with Gasteiger partial charge in [0.25, 0.3) is 0 Å². The lowest BCUT2D eigenvalue weighted by molar-refractivity contribution is 0.615. The van der Waals surface area contributed by atoms with E-state index in [1.165, 1.54) is 62.9 Å². The summed E-state index contributed by atoms with van der Waals surface area (Å²) in [5, 5.41) is 0. The molecule has 102 valence electrons. The van der Waals surface area contributed by atoms with E-state index in [0.717, 1.165) is 0 Å². The molecule has 0 heterocycles. The lowest BCUT2D eigenvalue weighted by Gasteiger charge is -2.26. The third-order valence-electron chi connectivity index (χ3n) is 3.48. The molecule has 0 fully saturated rings. The van der Waals surface area contributed by atoms with Crippen molar-refractivity contribution in [3.05, 3.63) is 29.8 Å². The van der Waals surface area contributed by atoms with E-state index in [4.69, 9.17) is 0 Å². The van der Waals surface area contributed by atoms with Crippen molar-refractivity contribution < 1.29 is 0 Å². The highest BCUT2D eigenvalue weighted by Gasteiger charge is 2.07. The Hall–Kier alpha value is -0.980. The zero-order valence-electron chi connectivity index (χ0n) is 12.4. The van der Waals surface area contributed by atoms with Crippen LogP contribution < -0.4 is 4.90 Å². The van der Waals surface area contributed by atoms with E-state index in [0.29, 0.717) is 0 Å². The summed E-state index contributed by atoms with van der Waals surface area (Å²) in [7, 11) is 0. The average Bonchev–Trinajstić information content (AvgIpc) is 2.38. The Morgan fingerprint density at radius 2 is 1.56 bits per heavy atom. The largest absolute Gasteiger partial charge is 0.371 e. The predicted octanol–water partition coefficient (Wildman–Crippen LogP) is 5.18. The van der Waals surface area contributed by atoms with Gasteiger partial charge in [0.1, 0.15) is 0 Å². The lowest BCUT2D eigenvalue weighted by atomic mass is 10.1. The van der Waals surface area contributed by atoms with Gasteiger partial charge in [-0.25, -0.2) is 0 Å². The van der Waals surface area contributed by atoms with Crippen molar-refractivity contribution in [3.8, 4) is 0 Å². The summed E-state index contributed by atoms with van der Waals surface area (Å²) in [5.74, 6) is 0. The highest BCUT2D eigenvalue weighted by atomic mass is 15.1. The Morgan fingerprint density at radius 3 is 2.22 bits per heavy atom. The van der Waals surface area contributed by atoms with Gasteiger partial charge >= 0.3 is 0 Å². The van der Waals surface area contributed by atoms with Crippen LogP contribution in [0, 0.1) is 6.92 Å². The number of benzene rings is 1. The van der Waals surface area contributed by atoms with Gasteiger partial charge in [-0.1, -0.05) is 57.7 Å². The van der Waals surface area contributed by atoms with Crippen molar-refractivity contribution in [3.63, 3.8) is 0 Å². The minimum atomic E-state index is 1.18. The molecule has 0 bridgehead atoms. The minimum Gasteiger partial charge on any atom is -0.371 e. The zero-order valence-corrected chi connectivity index (χ0v) is 12.4. The van der Waals surface area contributed by atoms with Gasteiger partial charge in [-0.3, -0.25) is 0 Å². The predicted molar refractivity (Wildman–Crippen MR) is 82.4 cm³/mol. The fraction of sp³-hybridized carbons (Fsp3) is 0.647. The van der Waals surface area contributed by atoms with Crippen LogP contribution in [0.15, 0.2) is 24.3 Å². The van der Waals surface area contributed by atoms with E-state index in [2.05, 4.69) is 49.9 Å². The molecule has 1 aromatic rings. The first-order chi connectivity index (χ1) is 8.79. The third kappa shape index (κ3) is 5.12. The molecule has 0 amide bonds. The molecule has 0 aliphatic rings. The van der Waals surface area contributed by atoms with E-state index < -0.39 is 0 Å². The number of unbranched alkanes of at least 4 members (excludes halogenated alkanes) is 4. The molecule has 0 radical (unpaired) electrons. The first-order valence-electron chi connectivity index (χ1n) is 7.60. The topological polar surface area (TPSA) is 3.24 Å². The molecular weight excluding hydrogens is 218 g/mol. The normalized spacial score (nSPS) is 10.6. The van der Waals surface area contributed by atoms with Crippen LogP contribution in [-0.4, -0.2) is 13.1 Å². The van der Waals surface area contributed by atoms with Gasteiger partial charge in [0.15, 0.2) is 0 Å². The Labute approximate surface area is 113 Å². The number of hydrogen-bond acceptors (Lipinski definition) is 1. The van der Waals surface area contributed by atoms with E-state index in [9.17, 15) is 0 Å². The van der Waals surface area contributed by atoms with Crippen LogP contribution in [0.2, 0.25) is 0 Å². The van der Waals surface area contributed by atoms with Crippen LogP contribution in [0.4, 0.5) is 5.69 Å². The number of anilines is 1. The number of aryl methyl sites for hydroxylation is 1. The summed E-state index contributed by atoms with van der Waals surface area (Å²) in [6.07, 6.45) is 8.04. The second-order valence-electron chi connectivity index (χ2n) is 5.19. The van der Waals surface area contributed by atoms with Crippen LogP contribution in [0.3, 0.4) is 0 Å². The number of para-hydroxylation sites is 1. The van der Waals surface area contributed by atoms with Crippen molar-refractivity contribution in [2.75, 3.05) is 18.0 Å². The molecule has 0 saturated carbocycles. The maximum atomic E-state index is 2.56. The van der Waals surface area contributed by atoms with Crippen LogP contribution in [0.1, 0.15) is 57.9 Å². The van der Waals surface area contributed by atoms with Gasteiger partial charge in [0.05, 0.1) is 0 Å². The van der Waals surface area contributed by atoms with Gasteiger partial charge in [-0.05, 0) is 31.4 Å². The van der Waals surface area contributed by atoms with Crippen molar-refractivity contribution in [2.24, 2.45) is 0 Å². The Morgan fingerprint density at radius 1 is 0.833 bits per heavy atom.